The zero-order chi connectivity index (χ0) is 60.6. The van der Waals surface area contributed by atoms with Gasteiger partial charge in [0.05, 0.1) is 85.8 Å². The van der Waals surface area contributed by atoms with Gasteiger partial charge in [0.2, 0.25) is 11.2 Å². The monoisotopic (exact) mass is 1280 g/mol. The van der Waals surface area contributed by atoms with Crippen LogP contribution in [0.5, 0.6) is 0 Å². The summed E-state index contributed by atoms with van der Waals surface area (Å²) in [6.45, 7) is 6.11. The Morgan fingerprint density at radius 3 is 1.51 bits per heavy atom. The first-order valence-electron chi connectivity index (χ1n) is 25.4. The van der Waals surface area contributed by atoms with Crippen molar-refractivity contribution >= 4 is 119 Å². The van der Waals surface area contributed by atoms with E-state index in [1.165, 1.54) is 40.7 Å². The lowest BCUT2D eigenvalue weighted by Crippen LogP contribution is -2.44. The molecule has 2 aliphatic heterocycles. The minimum Gasteiger partial charge on any atom is -0.412 e. The van der Waals surface area contributed by atoms with Gasteiger partial charge in [-0.2, -0.15) is 18.4 Å². The standard InChI is InChI=1S/C24H23Cl2N7O3.C13H8Cl3N5O.C11H16N2O2.C7H8O3S.H2O/c1-31-22-17(21(27)33(24(31)35)20-18(25)3-2-4-19(20)26)11-28-23(30-22)29-14-5-7-15(8-6-14)32-9-10-36-16(12-32)13-34;1-20-11-6(5-18-12(16)19-11)10(17)21(13(20)22)9-7(14)3-2-4-8(9)15;12-9-1-3-10(4-2-9)13-5-6-15-11(7-13)8-14;1-6-2-4-7(5-3-6)11(8,9)10;/h2-8,11,16,27,34H,9-10,12-13H2,1H3,(H,28,29,30);2-5,17H,1H3;1-4,11,14H,5-8,12H2;2-5H,1H3,(H,8,9,10);1H2. The first-order chi connectivity index (χ1) is 40.1. The Labute approximate surface area is 510 Å². The molecule has 9 aromatic rings. The molecule has 30 heteroatoms. The largest absolute Gasteiger partial charge is 0.412 e. The fourth-order valence-corrected chi connectivity index (χ4v) is 10.5. The molecular weight excluding hydrogens is 1230 g/mol. The lowest BCUT2D eigenvalue weighted by atomic mass is 10.2. The van der Waals surface area contributed by atoms with Crippen LogP contribution in [0.4, 0.5) is 28.7 Å². The molecule has 10 N–H and O–H groups in total. The summed E-state index contributed by atoms with van der Waals surface area (Å²) in [5.74, 6) is 0.282. The number of hydrogen-bond donors (Lipinski definition) is 7. The molecule has 2 aliphatic rings. The van der Waals surface area contributed by atoms with Crippen molar-refractivity contribution in [3.63, 3.8) is 0 Å². The van der Waals surface area contributed by atoms with Crippen LogP contribution >= 0.6 is 58.0 Å². The predicted octanol–water partition coefficient (Wildman–Crippen LogP) is 6.29. The third-order valence-corrected chi connectivity index (χ3v) is 15.4. The highest BCUT2D eigenvalue weighted by Gasteiger charge is 2.23. The second-order valence-corrected chi connectivity index (χ2v) is 22.2. The van der Waals surface area contributed by atoms with Crippen molar-refractivity contribution in [1.29, 1.82) is 10.8 Å². The van der Waals surface area contributed by atoms with Crippen LogP contribution in [-0.2, 0) is 33.7 Å². The quantitative estimate of drug-likeness (QED) is 0.0474. The van der Waals surface area contributed by atoms with Crippen molar-refractivity contribution in [2.24, 2.45) is 14.1 Å². The van der Waals surface area contributed by atoms with Gasteiger partial charge in [0.15, 0.2) is 11.3 Å². The van der Waals surface area contributed by atoms with Crippen molar-refractivity contribution in [3.8, 4) is 11.4 Å². The van der Waals surface area contributed by atoms with E-state index in [0.717, 1.165) is 57.1 Å². The number of hydrogen-bond acceptors (Lipinski definition) is 18. The second kappa shape index (κ2) is 28.6. The molecule has 4 aromatic heterocycles. The number of nitrogens with one attached hydrogen (secondary N) is 3. The van der Waals surface area contributed by atoms with Gasteiger partial charge in [0.25, 0.3) is 10.1 Å². The van der Waals surface area contributed by atoms with E-state index in [1.807, 2.05) is 55.5 Å². The highest BCUT2D eigenvalue weighted by Crippen LogP contribution is 2.29. The fourth-order valence-electron chi connectivity index (χ4n) is 8.77. The van der Waals surface area contributed by atoms with Crippen LogP contribution in [0.3, 0.4) is 0 Å². The number of halogens is 5. The third kappa shape index (κ3) is 15.3. The molecule has 24 nitrogen and oxygen atoms in total. The van der Waals surface area contributed by atoms with Gasteiger partial charge in [-0.1, -0.05) is 76.2 Å². The average molecular weight is 1280 g/mol. The Morgan fingerprint density at radius 1 is 0.647 bits per heavy atom. The summed E-state index contributed by atoms with van der Waals surface area (Å²) in [4.78, 5) is 46.8. The molecule has 2 atom stereocenters. The zero-order valence-electron chi connectivity index (χ0n) is 45.5. The summed E-state index contributed by atoms with van der Waals surface area (Å²) in [6.07, 6.45) is 2.61. The highest BCUT2D eigenvalue weighted by atomic mass is 35.5. The normalized spacial score (nSPS) is 14.9. The van der Waals surface area contributed by atoms with E-state index >= 15 is 0 Å². The summed E-state index contributed by atoms with van der Waals surface area (Å²) in [6, 6.07) is 31.2. The van der Waals surface area contributed by atoms with E-state index in [4.69, 9.17) is 93.7 Å². The van der Waals surface area contributed by atoms with Gasteiger partial charge in [-0.15, -0.1) is 0 Å². The maximum atomic E-state index is 13.2. The number of anilines is 5. The number of benzene rings is 5. The van der Waals surface area contributed by atoms with Crippen molar-refractivity contribution in [3.05, 3.63) is 184 Å². The molecule has 2 unspecified atom stereocenters. The number of nitrogens with two attached hydrogens (primary N) is 1. The number of para-hydroxylation sites is 2. The van der Waals surface area contributed by atoms with Crippen LogP contribution in [0.1, 0.15) is 5.56 Å². The first kappa shape index (κ1) is 65.1. The van der Waals surface area contributed by atoms with E-state index in [0.29, 0.717) is 36.2 Å². The minimum absolute atomic E-state index is 0. The summed E-state index contributed by atoms with van der Waals surface area (Å²) in [5, 5.41) is 40.2. The number of nitrogen functional groups attached to an aromatic ring is 1. The first-order valence-corrected chi connectivity index (χ1v) is 28.7. The number of nitrogens with zero attached hydrogens (tertiary/aromatic N) is 10. The molecule has 0 spiro atoms. The minimum atomic E-state index is -4.02. The molecule has 85 heavy (non-hydrogen) atoms. The predicted molar refractivity (Wildman–Crippen MR) is 328 cm³/mol. The Bertz CT molecular complexity index is 4180. The van der Waals surface area contributed by atoms with E-state index < -0.39 is 21.5 Å². The van der Waals surface area contributed by atoms with Crippen molar-refractivity contribution in [2.75, 3.05) is 73.5 Å². The number of ether oxygens (including phenoxy) is 2. The summed E-state index contributed by atoms with van der Waals surface area (Å²) in [5.41, 5.74) is 10.0. The Morgan fingerprint density at radius 2 is 1.07 bits per heavy atom. The molecular formula is C55H57Cl5N14O10S. The molecule has 0 aliphatic carbocycles. The second-order valence-electron chi connectivity index (χ2n) is 18.8. The molecule has 448 valence electrons. The van der Waals surface area contributed by atoms with Gasteiger partial charge in [-0.05, 0) is 103 Å². The molecule has 0 radical (unpaired) electrons. The van der Waals surface area contributed by atoms with E-state index in [9.17, 15) is 23.1 Å². The topological polar surface area (TPSA) is 342 Å². The summed E-state index contributed by atoms with van der Waals surface area (Å²) < 4.78 is 45.3. The average Bonchev–Trinajstić information content (AvgIpc) is 1.53. The van der Waals surface area contributed by atoms with Crippen LogP contribution in [0.15, 0.2) is 136 Å². The van der Waals surface area contributed by atoms with Crippen molar-refractivity contribution in [2.45, 2.75) is 24.0 Å². The molecule has 0 amide bonds. The van der Waals surface area contributed by atoms with Gasteiger partial charge < -0.3 is 46.0 Å². The maximum Gasteiger partial charge on any atom is 0.335 e. The number of aryl methyl sites for hydroxylation is 3. The van der Waals surface area contributed by atoms with E-state index in [1.54, 1.807) is 55.6 Å². The smallest absolute Gasteiger partial charge is 0.335 e. The van der Waals surface area contributed by atoms with Crippen LogP contribution in [0.2, 0.25) is 25.4 Å². The number of morpholine rings is 2. The van der Waals surface area contributed by atoms with Gasteiger partial charge in [0.1, 0.15) is 11.0 Å². The highest BCUT2D eigenvalue weighted by molar-refractivity contribution is 7.85. The van der Waals surface area contributed by atoms with Crippen LogP contribution in [0.25, 0.3) is 33.4 Å². The van der Waals surface area contributed by atoms with Gasteiger partial charge in [0, 0.05) is 75.4 Å². The molecule has 6 heterocycles. The van der Waals surface area contributed by atoms with Gasteiger partial charge >= 0.3 is 11.4 Å². The lowest BCUT2D eigenvalue weighted by molar-refractivity contribution is 0.00355. The molecule has 11 rings (SSSR count). The Balaban J connectivity index is 0.000000179. The summed E-state index contributed by atoms with van der Waals surface area (Å²) in [7, 11) is -0.929. The third-order valence-electron chi connectivity index (χ3n) is 13.1. The van der Waals surface area contributed by atoms with Crippen molar-refractivity contribution in [1.82, 2.24) is 38.2 Å². The molecule has 0 bridgehead atoms. The number of aromatic nitrogens is 8. The Kier molecular flexibility index (Phi) is 21.9. The maximum absolute atomic E-state index is 13.2. The lowest BCUT2D eigenvalue weighted by Gasteiger charge is -2.33. The van der Waals surface area contributed by atoms with Gasteiger partial charge in [-0.25, -0.2) is 28.7 Å². The number of fused-ring (bicyclic) bond motifs is 2. The Hall–Kier alpha value is -7.50. The van der Waals surface area contributed by atoms with E-state index in [2.05, 4.69) is 35.1 Å². The van der Waals surface area contributed by atoms with Crippen molar-refractivity contribution < 1.29 is 38.1 Å². The van der Waals surface area contributed by atoms with Crippen LogP contribution < -0.4 is 43.2 Å². The zero-order valence-corrected chi connectivity index (χ0v) is 50.1. The van der Waals surface area contributed by atoms with E-state index in [-0.39, 0.29) is 95.1 Å². The molecule has 2 fully saturated rings. The molecule has 0 saturated carbocycles. The van der Waals surface area contributed by atoms with Gasteiger partial charge in [-0.3, -0.25) is 24.5 Å². The number of rotatable bonds is 9. The number of aliphatic hydroxyl groups is 2. The van der Waals surface area contributed by atoms with Crippen LogP contribution in [-0.4, -0.2) is 132 Å². The van der Waals surface area contributed by atoms with Crippen LogP contribution in [0, 0.1) is 17.7 Å². The molecule has 5 aromatic carbocycles. The molecule has 2 saturated heterocycles. The fraction of sp³-hybridized carbons (Fsp3) is 0.236. The SMILES string of the molecule is Cc1ccc(S(=O)(=O)O)cc1.Cn1c(=O)n(-c2c(Cl)cccc2Cl)c(=N)c2cnc(Cl)nc21.Cn1c(=O)n(-c2c(Cl)cccc2Cl)c(=N)c2cnc(Nc3ccc(N4CCOC(CO)C4)cc3)nc21.Nc1ccc(N2CCOC(CO)C2)cc1.O. The summed E-state index contributed by atoms with van der Waals surface area (Å²) >= 11 is 30.7. The number of aliphatic hydroxyl groups excluding tert-OH is 2.